The molecule has 2 nitrogen and oxygen atoms in total. The molecule has 1 aromatic carbocycles. The average molecular weight is 178 g/mol. The van der Waals surface area contributed by atoms with E-state index >= 15 is 0 Å². The molecule has 1 N–H and O–H groups in total. The van der Waals surface area contributed by atoms with Crippen LogP contribution in [0.1, 0.15) is 24.5 Å². The zero-order valence-corrected chi connectivity index (χ0v) is 7.79. The highest BCUT2D eigenvalue weighted by Gasteiger charge is 2.01. The summed E-state index contributed by atoms with van der Waals surface area (Å²) in [5.41, 5.74) is 1.99. The van der Waals surface area contributed by atoms with Gasteiger partial charge in [-0.1, -0.05) is 24.3 Å². The molecule has 0 atom stereocenters. The van der Waals surface area contributed by atoms with E-state index in [1.54, 1.807) is 6.92 Å². The number of rotatable bonds is 4. The molecule has 0 radical (unpaired) electrons. The van der Waals surface area contributed by atoms with Crippen LogP contribution in [0.3, 0.4) is 0 Å². The first-order valence-electron chi connectivity index (χ1n) is 4.41. The zero-order valence-electron chi connectivity index (χ0n) is 7.79. The molecule has 0 fully saturated rings. The Balaban J connectivity index is 2.69. The van der Waals surface area contributed by atoms with Gasteiger partial charge in [-0.05, 0) is 24.5 Å². The number of benzene rings is 1. The first kappa shape index (κ1) is 9.93. The van der Waals surface area contributed by atoms with Crippen molar-refractivity contribution in [3.63, 3.8) is 0 Å². The lowest BCUT2D eigenvalue weighted by Crippen LogP contribution is -1.98. The van der Waals surface area contributed by atoms with E-state index in [4.69, 9.17) is 5.11 Å². The molecule has 0 saturated heterocycles. The summed E-state index contributed by atoms with van der Waals surface area (Å²) < 4.78 is 0. The Morgan fingerprint density at radius 2 is 1.92 bits per heavy atom. The molecule has 0 aliphatic heterocycles. The van der Waals surface area contributed by atoms with Crippen molar-refractivity contribution in [2.45, 2.75) is 26.4 Å². The summed E-state index contributed by atoms with van der Waals surface area (Å²) in [7, 11) is 0. The normalized spacial score (nSPS) is 10.0. The van der Waals surface area contributed by atoms with Crippen molar-refractivity contribution in [3.05, 3.63) is 35.4 Å². The van der Waals surface area contributed by atoms with Crippen molar-refractivity contribution in [1.82, 2.24) is 0 Å². The van der Waals surface area contributed by atoms with Crippen molar-refractivity contribution < 1.29 is 9.90 Å². The Morgan fingerprint density at radius 3 is 2.46 bits per heavy atom. The van der Waals surface area contributed by atoms with Crippen LogP contribution in [0.5, 0.6) is 0 Å². The standard InChI is InChI=1S/C11H14O2/c1-9(13)6-7-10-4-2-3-5-11(10)8-12/h2-5,12H,6-8H2,1H3. The maximum atomic E-state index is 10.8. The molecule has 1 rings (SSSR count). The van der Waals surface area contributed by atoms with E-state index in [9.17, 15) is 4.79 Å². The van der Waals surface area contributed by atoms with Crippen molar-refractivity contribution in [2.75, 3.05) is 0 Å². The fourth-order valence-electron chi connectivity index (χ4n) is 1.27. The summed E-state index contributed by atoms with van der Waals surface area (Å²) in [4.78, 5) is 10.8. The quantitative estimate of drug-likeness (QED) is 0.762. The van der Waals surface area contributed by atoms with E-state index in [1.165, 1.54) is 0 Å². The lowest BCUT2D eigenvalue weighted by molar-refractivity contribution is -0.116. The van der Waals surface area contributed by atoms with Crippen molar-refractivity contribution in [3.8, 4) is 0 Å². The maximum absolute atomic E-state index is 10.8. The van der Waals surface area contributed by atoms with E-state index in [2.05, 4.69) is 0 Å². The second-order valence-electron chi connectivity index (χ2n) is 3.13. The van der Waals surface area contributed by atoms with Gasteiger partial charge in [-0.2, -0.15) is 0 Å². The highest BCUT2D eigenvalue weighted by atomic mass is 16.3. The Morgan fingerprint density at radius 1 is 1.31 bits per heavy atom. The third-order valence-corrected chi connectivity index (χ3v) is 2.04. The Bertz CT molecular complexity index is 292. The van der Waals surface area contributed by atoms with Crippen molar-refractivity contribution >= 4 is 5.78 Å². The molecule has 0 aromatic heterocycles. The van der Waals surface area contributed by atoms with Gasteiger partial charge in [-0.25, -0.2) is 0 Å². The van der Waals surface area contributed by atoms with Gasteiger partial charge in [0, 0.05) is 6.42 Å². The average Bonchev–Trinajstić information content (AvgIpc) is 2.15. The van der Waals surface area contributed by atoms with Crippen LogP contribution in [0, 0.1) is 0 Å². The van der Waals surface area contributed by atoms with Gasteiger partial charge in [0.2, 0.25) is 0 Å². The number of aliphatic hydroxyl groups excluding tert-OH is 1. The van der Waals surface area contributed by atoms with Gasteiger partial charge >= 0.3 is 0 Å². The first-order chi connectivity index (χ1) is 6.24. The van der Waals surface area contributed by atoms with Gasteiger partial charge in [0.05, 0.1) is 6.61 Å². The van der Waals surface area contributed by atoms with E-state index in [0.717, 1.165) is 17.5 Å². The number of carbonyl (C=O) groups is 1. The topological polar surface area (TPSA) is 37.3 Å². The van der Waals surface area contributed by atoms with Gasteiger partial charge in [0.1, 0.15) is 5.78 Å². The molecule has 0 spiro atoms. The van der Waals surface area contributed by atoms with E-state index in [-0.39, 0.29) is 12.4 Å². The molecular weight excluding hydrogens is 164 g/mol. The number of hydrogen-bond donors (Lipinski definition) is 1. The fraction of sp³-hybridized carbons (Fsp3) is 0.364. The molecule has 2 heteroatoms. The highest BCUT2D eigenvalue weighted by Crippen LogP contribution is 2.10. The molecule has 13 heavy (non-hydrogen) atoms. The Kier molecular flexibility index (Phi) is 3.65. The zero-order chi connectivity index (χ0) is 9.68. The maximum Gasteiger partial charge on any atom is 0.130 e. The summed E-state index contributed by atoms with van der Waals surface area (Å²) in [6.45, 7) is 1.63. The predicted octanol–water partition coefficient (Wildman–Crippen LogP) is 1.70. The second-order valence-corrected chi connectivity index (χ2v) is 3.13. The monoisotopic (exact) mass is 178 g/mol. The molecule has 0 aliphatic rings. The third-order valence-electron chi connectivity index (χ3n) is 2.04. The molecule has 0 bridgehead atoms. The second kappa shape index (κ2) is 4.77. The van der Waals surface area contributed by atoms with Crippen LogP contribution < -0.4 is 0 Å². The molecule has 1 aromatic rings. The lowest BCUT2D eigenvalue weighted by atomic mass is 10.0. The van der Waals surface area contributed by atoms with Crippen LogP contribution in [0.2, 0.25) is 0 Å². The molecule has 0 saturated carbocycles. The van der Waals surface area contributed by atoms with Crippen molar-refractivity contribution in [1.29, 1.82) is 0 Å². The van der Waals surface area contributed by atoms with Gasteiger partial charge in [-0.3, -0.25) is 0 Å². The smallest absolute Gasteiger partial charge is 0.130 e. The van der Waals surface area contributed by atoms with Crippen LogP contribution in [-0.4, -0.2) is 10.9 Å². The molecular formula is C11H14O2. The fourth-order valence-corrected chi connectivity index (χ4v) is 1.27. The summed E-state index contributed by atoms with van der Waals surface area (Å²) in [6.07, 6.45) is 1.28. The lowest BCUT2D eigenvalue weighted by Gasteiger charge is -2.04. The third kappa shape index (κ3) is 2.99. The minimum atomic E-state index is 0.0497. The first-order valence-corrected chi connectivity index (χ1v) is 4.41. The summed E-state index contributed by atoms with van der Waals surface area (Å²) in [6, 6.07) is 7.65. The summed E-state index contributed by atoms with van der Waals surface area (Å²) in [5, 5.41) is 9.00. The van der Waals surface area contributed by atoms with Crippen LogP contribution >= 0.6 is 0 Å². The Labute approximate surface area is 78.2 Å². The SMILES string of the molecule is CC(=O)CCc1ccccc1CO. The van der Waals surface area contributed by atoms with Gasteiger partial charge in [-0.15, -0.1) is 0 Å². The molecule has 70 valence electrons. The van der Waals surface area contributed by atoms with E-state index < -0.39 is 0 Å². The summed E-state index contributed by atoms with van der Waals surface area (Å²) in [5.74, 6) is 0.188. The number of aliphatic hydroxyl groups is 1. The van der Waals surface area contributed by atoms with E-state index in [1.807, 2.05) is 24.3 Å². The number of aryl methyl sites for hydroxylation is 1. The minimum Gasteiger partial charge on any atom is -0.392 e. The molecule has 0 unspecified atom stereocenters. The summed E-state index contributed by atoms with van der Waals surface area (Å²) >= 11 is 0. The number of ketones is 1. The van der Waals surface area contributed by atoms with Crippen LogP contribution in [-0.2, 0) is 17.8 Å². The number of carbonyl (C=O) groups excluding carboxylic acids is 1. The van der Waals surface area contributed by atoms with Crippen LogP contribution in [0.15, 0.2) is 24.3 Å². The van der Waals surface area contributed by atoms with Gasteiger partial charge in [0.15, 0.2) is 0 Å². The number of hydrogen-bond acceptors (Lipinski definition) is 2. The molecule has 0 amide bonds. The molecule has 0 aliphatic carbocycles. The van der Waals surface area contributed by atoms with Crippen LogP contribution in [0.25, 0.3) is 0 Å². The Hall–Kier alpha value is -1.15. The molecule has 0 heterocycles. The highest BCUT2D eigenvalue weighted by molar-refractivity contribution is 5.75. The predicted molar refractivity (Wildman–Crippen MR) is 51.4 cm³/mol. The van der Waals surface area contributed by atoms with Crippen LogP contribution in [0.4, 0.5) is 0 Å². The largest absolute Gasteiger partial charge is 0.392 e. The van der Waals surface area contributed by atoms with Gasteiger partial charge < -0.3 is 9.90 Å². The number of Topliss-reactive ketones (excluding diaryl/α,β-unsaturated/α-hetero) is 1. The van der Waals surface area contributed by atoms with E-state index in [0.29, 0.717) is 6.42 Å². The van der Waals surface area contributed by atoms with Gasteiger partial charge in [0.25, 0.3) is 0 Å². The van der Waals surface area contributed by atoms with Crippen molar-refractivity contribution in [2.24, 2.45) is 0 Å². The minimum absolute atomic E-state index is 0.0497.